The number of aromatic nitrogens is 10. The van der Waals surface area contributed by atoms with E-state index < -0.39 is 63.4 Å². The van der Waals surface area contributed by atoms with E-state index in [9.17, 15) is 47.8 Å². The molecule has 0 saturated carbocycles. The summed E-state index contributed by atoms with van der Waals surface area (Å²) in [6, 6.07) is 9.51. The Labute approximate surface area is 438 Å². The first-order chi connectivity index (χ1) is 36.0. The van der Waals surface area contributed by atoms with Gasteiger partial charge in [0.1, 0.15) is 66.1 Å². The maximum Gasteiger partial charge on any atom is 0.333 e. The van der Waals surface area contributed by atoms with Gasteiger partial charge in [-0.2, -0.15) is 25.7 Å². The molecule has 0 aliphatic heterocycles. The van der Waals surface area contributed by atoms with E-state index in [2.05, 4.69) is 20.4 Å². The lowest BCUT2D eigenvalue weighted by molar-refractivity contribution is -0.146. The largest absolute Gasteiger partial charge is 0.496 e. The number of methoxy groups -OCH3 is 2. The molecule has 76 heavy (non-hydrogen) atoms. The molecule has 2 atom stereocenters. The molecular formula is C50H53F2N11O11S2. The SMILES string of the molecule is CCCC(=O)C(C)(C)n1c(=O)c2c(C)c(-n3nccn3)sc2n(C[C@@H](O)c2cc(F)ccc2OC)c1=O.COc1ccc(F)cc1[C@H](Cn1c(=O)n(C(C)(C)C(=O)O)c(=O)c2c(C)c(-n3nccn3)sc21)OCCC#N. The number of fused-ring (bicyclic) bond motifs is 2. The average Bonchev–Trinajstić information content (AvgIpc) is 4.29. The maximum absolute atomic E-state index is 14.3. The number of thiophene rings is 2. The van der Waals surface area contributed by atoms with Gasteiger partial charge in [0.25, 0.3) is 11.1 Å². The highest BCUT2D eigenvalue weighted by Gasteiger charge is 2.37. The van der Waals surface area contributed by atoms with Crippen molar-refractivity contribution in [3.8, 4) is 27.6 Å². The van der Waals surface area contributed by atoms with Crippen LogP contribution in [0.4, 0.5) is 8.78 Å². The number of nitrogens with zero attached hydrogens (tertiary/aromatic N) is 11. The van der Waals surface area contributed by atoms with Gasteiger partial charge in [-0.3, -0.25) is 23.5 Å². The number of ether oxygens (including phenoxy) is 3. The topological polar surface area (TPSA) is 275 Å². The summed E-state index contributed by atoms with van der Waals surface area (Å²) in [4.78, 5) is 83.6. The third-order valence-electron chi connectivity index (χ3n) is 12.7. The molecule has 0 amide bonds. The van der Waals surface area contributed by atoms with Crippen LogP contribution >= 0.6 is 22.7 Å². The van der Waals surface area contributed by atoms with Crippen LogP contribution < -0.4 is 32.0 Å². The van der Waals surface area contributed by atoms with Gasteiger partial charge in [-0.15, -0.1) is 9.59 Å². The molecule has 0 unspecified atom stereocenters. The van der Waals surface area contributed by atoms with Crippen molar-refractivity contribution in [2.45, 2.75) is 104 Å². The number of halogens is 2. The lowest BCUT2D eigenvalue weighted by atomic mass is 9.95. The number of carboxylic acids is 1. The Morgan fingerprint density at radius 3 is 1.63 bits per heavy atom. The van der Waals surface area contributed by atoms with Crippen LogP contribution in [0.25, 0.3) is 30.4 Å². The quantitative estimate of drug-likeness (QED) is 0.0898. The molecule has 0 bridgehead atoms. The van der Waals surface area contributed by atoms with E-state index in [0.29, 0.717) is 32.1 Å². The van der Waals surface area contributed by atoms with Gasteiger partial charge in [0, 0.05) is 28.7 Å². The summed E-state index contributed by atoms with van der Waals surface area (Å²) in [6.07, 6.45) is 4.29. The minimum atomic E-state index is -1.91. The second-order valence-electron chi connectivity index (χ2n) is 18.3. The third kappa shape index (κ3) is 10.4. The predicted molar refractivity (Wildman–Crippen MR) is 276 cm³/mol. The molecule has 0 aliphatic carbocycles. The first kappa shape index (κ1) is 55.8. The van der Waals surface area contributed by atoms with Gasteiger partial charge in [0.2, 0.25) is 0 Å². The molecule has 2 N–H and O–H groups in total. The van der Waals surface area contributed by atoms with Gasteiger partial charge >= 0.3 is 17.3 Å². The van der Waals surface area contributed by atoms with Gasteiger partial charge in [0.05, 0.1) is 82.0 Å². The van der Waals surface area contributed by atoms with Gasteiger partial charge in [-0.05, 0) is 84.4 Å². The van der Waals surface area contributed by atoms with Crippen molar-refractivity contribution in [1.82, 2.24) is 48.3 Å². The molecule has 400 valence electrons. The number of Topliss-reactive ketones (excluding diaryl/α,β-unsaturated/α-hetero) is 1. The molecule has 0 fully saturated rings. The number of carbonyl (C=O) groups excluding carboxylic acids is 1. The number of ketones is 1. The Balaban J connectivity index is 0.000000221. The molecule has 0 aliphatic rings. The Morgan fingerprint density at radius 1 is 0.737 bits per heavy atom. The second-order valence-corrected chi connectivity index (χ2v) is 20.2. The van der Waals surface area contributed by atoms with Crippen LogP contribution in [0.1, 0.15) is 88.3 Å². The van der Waals surface area contributed by atoms with E-state index in [1.807, 2.05) is 13.0 Å². The van der Waals surface area contributed by atoms with Gasteiger partial charge in [-0.1, -0.05) is 29.6 Å². The number of aryl methyl sites for hydroxylation is 2. The Morgan fingerprint density at radius 2 is 1.18 bits per heavy atom. The zero-order valence-corrected chi connectivity index (χ0v) is 44.4. The Bertz CT molecular complexity index is 3770. The fraction of sp³-hybridized carbons (Fsp3) is 0.380. The van der Waals surface area contributed by atoms with Crippen LogP contribution in [0, 0.1) is 36.8 Å². The number of aliphatic hydroxyl groups is 1. The van der Waals surface area contributed by atoms with E-state index in [-0.39, 0.29) is 81.4 Å². The highest BCUT2D eigenvalue weighted by Crippen LogP contribution is 2.36. The normalized spacial score (nSPS) is 12.6. The number of hydrogen-bond donors (Lipinski definition) is 2. The van der Waals surface area contributed by atoms with Crippen LogP contribution in [-0.2, 0) is 38.5 Å². The average molecular weight is 1090 g/mol. The number of carbonyl (C=O) groups is 2. The summed E-state index contributed by atoms with van der Waals surface area (Å²) in [5.74, 6) is -2.28. The van der Waals surface area contributed by atoms with Crippen LogP contribution in [0.15, 0.2) is 80.4 Å². The molecule has 26 heteroatoms. The van der Waals surface area contributed by atoms with E-state index in [4.69, 9.17) is 19.5 Å². The van der Waals surface area contributed by atoms with Crippen molar-refractivity contribution in [3.63, 3.8) is 0 Å². The van der Waals surface area contributed by atoms with Crippen molar-refractivity contribution in [3.05, 3.63) is 137 Å². The number of nitriles is 1. The predicted octanol–water partition coefficient (Wildman–Crippen LogP) is 5.85. The van der Waals surface area contributed by atoms with Crippen LogP contribution in [0.3, 0.4) is 0 Å². The van der Waals surface area contributed by atoms with Gasteiger partial charge in [-0.25, -0.2) is 32.3 Å². The summed E-state index contributed by atoms with van der Waals surface area (Å²) in [5.41, 5.74) is -5.02. The van der Waals surface area contributed by atoms with Gasteiger partial charge in [0.15, 0.2) is 5.78 Å². The molecule has 0 spiro atoms. The monoisotopic (exact) mass is 1090 g/mol. The second kappa shape index (κ2) is 22.5. The van der Waals surface area contributed by atoms with Crippen LogP contribution in [0.5, 0.6) is 11.5 Å². The van der Waals surface area contributed by atoms with E-state index in [1.165, 1.54) is 116 Å². The summed E-state index contributed by atoms with van der Waals surface area (Å²) >= 11 is 2.18. The van der Waals surface area contributed by atoms with Crippen molar-refractivity contribution in [1.29, 1.82) is 5.26 Å². The van der Waals surface area contributed by atoms with Crippen LogP contribution in [-0.4, -0.2) is 91.0 Å². The van der Waals surface area contributed by atoms with Crippen molar-refractivity contribution in [2.24, 2.45) is 0 Å². The molecule has 2 aromatic carbocycles. The summed E-state index contributed by atoms with van der Waals surface area (Å²) in [6.45, 7) is 10.2. The molecule has 8 rings (SSSR count). The number of hydrogen-bond acceptors (Lipinski definition) is 17. The van der Waals surface area contributed by atoms with Crippen molar-refractivity contribution < 1.29 is 42.8 Å². The number of benzene rings is 2. The van der Waals surface area contributed by atoms with Crippen LogP contribution in [0.2, 0.25) is 0 Å². The smallest absolute Gasteiger partial charge is 0.333 e. The molecule has 6 heterocycles. The Kier molecular flexibility index (Phi) is 16.5. The summed E-state index contributed by atoms with van der Waals surface area (Å²) in [5, 5.41) is 47.9. The first-order valence-corrected chi connectivity index (χ1v) is 25.1. The minimum absolute atomic E-state index is 0.0250. The molecule has 22 nitrogen and oxygen atoms in total. The standard InChI is InChI=1S/C25H25FN6O6S.C25H28FN5O5S/c1-14-19-20(33)31(25(2,3)23(34)35)24(36)30(22(19)39-21(14)32-28-9-10-29-32)13-18(38-11-5-8-27)16-12-15(26)6-7-17(16)37-4;1-6-7-19(33)25(3,4)30-21(34)20-14(2)22(31-27-10-11-28-31)37-23(20)29(24(30)35)13-17(32)16-12-15(26)8-9-18(16)36-5/h6-7,9-10,12,18H,5,11,13H2,1-4H3,(H,34,35);8-12,17,32H,6-7,13H2,1-5H3/t18-;17-/m01/s1. The maximum atomic E-state index is 14.3. The highest BCUT2D eigenvalue weighted by molar-refractivity contribution is 7.21. The fourth-order valence-corrected chi connectivity index (χ4v) is 11.0. The first-order valence-electron chi connectivity index (χ1n) is 23.5. The van der Waals surface area contributed by atoms with E-state index in [1.54, 1.807) is 13.8 Å². The zero-order chi connectivity index (χ0) is 55.6. The zero-order valence-electron chi connectivity index (χ0n) is 42.7. The third-order valence-corrected chi connectivity index (χ3v) is 15.3. The van der Waals surface area contributed by atoms with Crippen molar-refractivity contribution in [2.75, 3.05) is 20.8 Å². The molecule has 8 aromatic rings. The number of aliphatic hydroxyl groups excluding tert-OH is 1. The molecule has 0 radical (unpaired) electrons. The molecule has 0 saturated heterocycles. The van der Waals surface area contributed by atoms with E-state index in [0.717, 1.165) is 33.3 Å². The number of aliphatic carboxylic acids is 1. The number of rotatable bonds is 19. The number of carboxylic acid groups (broad SMARTS) is 1. The minimum Gasteiger partial charge on any atom is -0.496 e. The fourth-order valence-electron chi connectivity index (χ4n) is 8.60. The molecule has 6 aromatic heterocycles. The highest BCUT2D eigenvalue weighted by atomic mass is 32.1. The molecular weight excluding hydrogens is 1030 g/mol. The Hall–Kier alpha value is -7.99. The lowest BCUT2D eigenvalue weighted by Gasteiger charge is -2.27. The lowest BCUT2D eigenvalue weighted by Crippen LogP contribution is -2.52. The van der Waals surface area contributed by atoms with E-state index >= 15 is 0 Å². The summed E-state index contributed by atoms with van der Waals surface area (Å²) in [7, 11) is 2.79. The summed E-state index contributed by atoms with van der Waals surface area (Å²) < 4.78 is 49.1. The van der Waals surface area contributed by atoms with Gasteiger partial charge < -0.3 is 24.4 Å². The van der Waals surface area contributed by atoms with Crippen molar-refractivity contribution >= 4 is 54.9 Å².